The van der Waals surface area contributed by atoms with Crippen LogP contribution in [0, 0.1) is 5.92 Å². The molecule has 1 aliphatic heterocycles. The molecule has 0 fully saturated rings. The molecular weight excluding hydrogens is 298 g/mol. The van der Waals surface area contributed by atoms with Crippen LogP contribution < -0.4 is 5.32 Å². The highest BCUT2D eigenvalue weighted by Gasteiger charge is 2.26. The summed E-state index contributed by atoms with van der Waals surface area (Å²) in [6, 6.07) is 2.74. The summed E-state index contributed by atoms with van der Waals surface area (Å²) in [6.45, 7) is 8.69. The molecule has 5 heteroatoms. The maximum Gasteiger partial charge on any atom is 0.122 e. The summed E-state index contributed by atoms with van der Waals surface area (Å²) in [5, 5.41) is 6.62. The molecule has 3 nitrogen and oxygen atoms in total. The smallest absolute Gasteiger partial charge is 0.122 e. The van der Waals surface area contributed by atoms with E-state index in [1.54, 1.807) is 0 Å². The Morgan fingerprint density at radius 3 is 3.14 bits per heavy atom. The fourth-order valence-corrected chi connectivity index (χ4v) is 5.39. The number of nitrogens with one attached hydrogen (secondary N) is 1. The van der Waals surface area contributed by atoms with E-state index in [0.717, 1.165) is 18.9 Å². The van der Waals surface area contributed by atoms with E-state index in [1.807, 2.05) is 29.3 Å². The Labute approximate surface area is 135 Å². The van der Waals surface area contributed by atoms with Crippen molar-refractivity contribution in [3.05, 3.63) is 35.2 Å². The molecule has 0 amide bonds. The highest BCUT2D eigenvalue weighted by Crippen LogP contribution is 2.43. The van der Waals surface area contributed by atoms with Gasteiger partial charge < -0.3 is 9.88 Å². The predicted octanol–water partition coefficient (Wildman–Crippen LogP) is 4.32. The maximum atomic E-state index is 4.51. The molecule has 0 spiro atoms. The number of aromatic nitrogens is 2. The zero-order valence-electron chi connectivity index (χ0n) is 12.9. The van der Waals surface area contributed by atoms with E-state index in [4.69, 9.17) is 0 Å². The molecule has 1 unspecified atom stereocenters. The first-order valence-corrected chi connectivity index (χ1v) is 9.37. The van der Waals surface area contributed by atoms with Gasteiger partial charge in [0.15, 0.2) is 0 Å². The Morgan fingerprint density at radius 1 is 1.48 bits per heavy atom. The van der Waals surface area contributed by atoms with Crippen LogP contribution in [-0.2, 0) is 13.1 Å². The zero-order valence-corrected chi connectivity index (χ0v) is 14.5. The van der Waals surface area contributed by atoms with Crippen molar-refractivity contribution in [1.29, 1.82) is 0 Å². The van der Waals surface area contributed by atoms with Crippen LogP contribution in [0.4, 0.5) is 0 Å². The molecule has 3 rings (SSSR count). The van der Waals surface area contributed by atoms with Gasteiger partial charge in [-0.2, -0.15) is 0 Å². The lowest BCUT2D eigenvalue weighted by atomic mass is 10.0. The number of hydrogen-bond donors (Lipinski definition) is 1. The average molecular weight is 322 g/mol. The van der Waals surface area contributed by atoms with E-state index < -0.39 is 0 Å². The van der Waals surface area contributed by atoms with Crippen molar-refractivity contribution in [3.8, 4) is 0 Å². The van der Waals surface area contributed by atoms with Gasteiger partial charge in [0.25, 0.3) is 0 Å². The lowest BCUT2D eigenvalue weighted by Gasteiger charge is -2.27. The number of rotatable bonds is 5. The molecule has 0 aliphatic carbocycles. The molecule has 114 valence electrons. The highest BCUT2D eigenvalue weighted by atomic mass is 32.2. The zero-order chi connectivity index (χ0) is 14.8. The third-order valence-corrected chi connectivity index (χ3v) is 6.12. The fourth-order valence-electron chi connectivity index (χ4n) is 2.82. The minimum atomic E-state index is 0.465. The van der Waals surface area contributed by atoms with Crippen molar-refractivity contribution in [2.24, 2.45) is 5.92 Å². The van der Waals surface area contributed by atoms with E-state index >= 15 is 0 Å². The van der Waals surface area contributed by atoms with E-state index in [2.05, 4.69) is 53.3 Å². The summed E-state index contributed by atoms with van der Waals surface area (Å²) >= 11 is 3.88. The predicted molar refractivity (Wildman–Crippen MR) is 90.9 cm³/mol. The maximum absolute atomic E-state index is 4.51. The molecule has 0 saturated carbocycles. The number of hydrogen-bond acceptors (Lipinski definition) is 4. The van der Waals surface area contributed by atoms with Crippen LogP contribution in [-0.4, -0.2) is 14.8 Å². The highest BCUT2D eigenvalue weighted by molar-refractivity contribution is 8.01. The molecule has 2 atom stereocenters. The second-order valence-corrected chi connectivity index (χ2v) is 8.77. The Hall–Kier alpha value is -0.780. The van der Waals surface area contributed by atoms with Crippen molar-refractivity contribution in [2.45, 2.75) is 55.8 Å². The lowest BCUT2D eigenvalue weighted by Crippen LogP contribution is -2.27. The monoisotopic (exact) mass is 321 g/mol. The lowest BCUT2D eigenvalue weighted by molar-refractivity contribution is 0.453. The van der Waals surface area contributed by atoms with Crippen molar-refractivity contribution < 1.29 is 0 Å². The molecule has 2 aromatic heterocycles. The van der Waals surface area contributed by atoms with Crippen LogP contribution in [0.25, 0.3) is 0 Å². The second-order valence-electron chi connectivity index (χ2n) is 6.15. The third-order valence-electron chi connectivity index (χ3n) is 3.78. The molecule has 1 N–H and O–H groups in total. The van der Waals surface area contributed by atoms with Crippen molar-refractivity contribution in [1.82, 2.24) is 14.9 Å². The summed E-state index contributed by atoms with van der Waals surface area (Å²) in [4.78, 5) is 4.51. The van der Waals surface area contributed by atoms with E-state index in [-0.39, 0.29) is 0 Å². The number of thiophene rings is 1. The Morgan fingerprint density at radius 2 is 2.33 bits per heavy atom. The Kier molecular flexibility index (Phi) is 4.72. The van der Waals surface area contributed by atoms with Crippen LogP contribution in [0.3, 0.4) is 0 Å². The van der Waals surface area contributed by atoms with Gasteiger partial charge in [0.2, 0.25) is 0 Å². The molecule has 0 radical (unpaired) electrons. The van der Waals surface area contributed by atoms with Crippen molar-refractivity contribution >= 4 is 23.1 Å². The molecular formula is C16H23N3S2. The molecule has 0 bridgehead atoms. The molecule has 1 aliphatic rings. The fraction of sp³-hybridized carbons (Fsp3) is 0.562. The van der Waals surface area contributed by atoms with Gasteiger partial charge in [0.1, 0.15) is 5.82 Å². The van der Waals surface area contributed by atoms with E-state index in [1.165, 1.54) is 16.2 Å². The quantitative estimate of drug-likeness (QED) is 0.889. The minimum absolute atomic E-state index is 0.465. The SMILES string of the molecule is CC(C)Cn1ccnc1CNC1C[C@H](C)Sc2sccc21. The van der Waals surface area contributed by atoms with Crippen molar-refractivity contribution in [3.63, 3.8) is 0 Å². The molecule has 2 aromatic rings. The van der Waals surface area contributed by atoms with Crippen LogP contribution in [0.2, 0.25) is 0 Å². The Balaban J connectivity index is 1.67. The average Bonchev–Trinajstić information content (AvgIpc) is 3.04. The van der Waals surface area contributed by atoms with Gasteiger partial charge in [-0.1, -0.05) is 20.8 Å². The number of nitrogens with zero attached hydrogens (tertiary/aromatic N) is 2. The Bertz CT molecular complexity index is 588. The summed E-state index contributed by atoms with van der Waals surface area (Å²) in [6.07, 6.45) is 5.19. The second kappa shape index (κ2) is 6.55. The van der Waals surface area contributed by atoms with Crippen LogP contribution in [0.15, 0.2) is 28.0 Å². The van der Waals surface area contributed by atoms with E-state index in [0.29, 0.717) is 17.2 Å². The van der Waals surface area contributed by atoms with Gasteiger partial charge in [-0.25, -0.2) is 4.98 Å². The van der Waals surface area contributed by atoms with E-state index in [9.17, 15) is 0 Å². The third kappa shape index (κ3) is 3.52. The van der Waals surface area contributed by atoms with Crippen molar-refractivity contribution in [2.75, 3.05) is 0 Å². The van der Waals surface area contributed by atoms with Gasteiger partial charge in [0.05, 0.1) is 10.8 Å². The van der Waals surface area contributed by atoms with Gasteiger partial charge >= 0.3 is 0 Å². The molecule has 21 heavy (non-hydrogen) atoms. The number of thioether (sulfide) groups is 1. The molecule has 0 aromatic carbocycles. The number of fused-ring (bicyclic) bond motifs is 1. The van der Waals surface area contributed by atoms with Crippen LogP contribution >= 0.6 is 23.1 Å². The standard InChI is InChI=1S/C16H23N3S2/c1-11(2)10-19-6-5-17-15(19)9-18-14-8-12(3)21-16-13(14)4-7-20-16/h4-7,11-12,14,18H,8-10H2,1-3H3/t12-,14?/m0/s1. The first-order chi connectivity index (χ1) is 10.1. The summed E-state index contributed by atoms with van der Waals surface area (Å²) < 4.78 is 3.75. The number of imidazole rings is 1. The first-order valence-electron chi connectivity index (χ1n) is 7.61. The minimum Gasteiger partial charge on any atom is -0.334 e. The topological polar surface area (TPSA) is 29.9 Å². The molecule has 3 heterocycles. The normalized spacial score (nSPS) is 21.7. The first kappa shape index (κ1) is 15.1. The van der Waals surface area contributed by atoms with Gasteiger partial charge in [-0.3, -0.25) is 0 Å². The largest absolute Gasteiger partial charge is 0.334 e. The van der Waals surface area contributed by atoms with Crippen LogP contribution in [0.5, 0.6) is 0 Å². The molecule has 0 saturated heterocycles. The van der Waals surface area contributed by atoms with Gasteiger partial charge in [-0.15, -0.1) is 23.1 Å². The van der Waals surface area contributed by atoms with Crippen LogP contribution in [0.1, 0.15) is 44.6 Å². The summed E-state index contributed by atoms with van der Waals surface area (Å²) in [5.74, 6) is 1.79. The summed E-state index contributed by atoms with van der Waals surface area (Å²) in [5.41, 5.74) is 1.48. The summed E-state index contributed by atoms with van der Waals surface area (Å²) in [7, 11) is 0. The van der Waals surface area contributed by atoms with Gasteiger partial charge in [0, 0.05) is 30.2 Å². The van der Waals surface area contributed by atoms with Gasteiger partial charge in [-0.05, 0) is 29.3 Å².